The van der Waals surface area contributed by atoms with Crippen LogP contribution in [0, 0.1) is 0 Å². The van der Waals surface area contributed by atoms with Gasteiger partial charge in [-0.3, -0.25) is 0 Å². The molecule has 1 atom stereocenters. The van der Waals surface area contributed by atoms with Crippen LogP contribution in [-0.2, 0) is 14.2 Å². The van der Waals surface area contributed by atoms with Crippen LogP contribution in [0.1, 0.15) is 19.3 Å². The van der Waals surface area contributed by atoms with E-state index in [9.17, 15) is 9.59 Å². The van der Waals surface area contributed by atoms with Crippen molar-refractivity contribution < 1.29 is 23.8 Å². The number of nitrogens with two attached hydrogens (primary N) is 2. The molecule has 0 aliphatic rings. The molecule has 0 bridgehead atoms. The van der Waals surface area contributed by atoms with E-state index in [-0.39, 0.29) is 25.8 Å². The fourth-order valence-electron chi connectivity index (χ4n) is 1.57. The summed E-state index contributed by atoms with van der Waals surface area (Å²) in [6.45, 7) is 1.78. The van der Waals surface area contributed by atoms with Gasteiger partial charge < -0.3 is 36.3 Å². The molecule has 0 saturated heterocycles. The summed E-state index contributed by atoms with van der Waals surface area (Å²) in [5.41, 5.74) is 10.7. The third-order valence-electron chi connectivity index (χ3n) is 2.67. The van der Waals surface area contributed by atoms with Gasteiger partial charge >= 0.3 is 12.2 Å². The molecule has 22 heavy (non-hydrogen) atoms. The highest BCUT2D eigenvalue weighted by atomic mass is 16.6. The second kappa shape index (κ2) is 14.4. The molecule has 0 spiro atoms. The Morgan fingerprint density at radius 1 is 1.05 bits per heavy atom. The first-order valence-corrected chi connectivity index (χ1v) is 7.37. The number of rotatable bonds is 12. The molecule has 6 N–H and O–H groups in total. The van der Waals surface area contributed by atoms with Crippen LogP contribution in [0.5, 0.6) is 0 Å². The molecule has 2 amide bonds. The molecule has 0 aliphatic heterocycles. The number of carbonyl (C=O) groups excluding carboxylic acids is 2. The molecule has 130 valence electrons. The number of amides is 2. The quantitative estimate of drug-likeness (QED) is 0.357. The van der Waals surface area contributed by atoms with Crippen molar-refractivity contribution in [2.75, 3.05) is 46.6 Å². The van der Waals surface area contributed by atoms with Gasteiger partial charge in [0.2, 0.25) is 0 Å². The number of nitrogens with one attached hydrogen (secondary N) is 2. The van der Waals surface area contributed by atoms with Crippen molar-refractivity contribution in [2.45, 2.75) is 25.3 Å². The first-order chi connectivity index (χ1) is 10.6. The average molecular weight is 320 g/mol. The van der Waals surface area contributed by atoms with Crippen LogP contribution >= 0.6 is 0 Å². The summed E-state index contributed by atoms with van der Waals surface area (Å²) in [7, 11) is 1.54. The molecule has 0 aromatic carbocycles. The molecule has 1 unspecified atom stereocenters. The van der Waals surface area contributed by atoms with Crippen LogP contribution in [-0.4, -0.2) is 64.8 Å². The van der Waals surface area contributed by atoms with Gasteiger partial charge in [0.05, 0.1) is 12.6 Å². The van der Waals surface area contributed by atoms with E-state index in [0.717, 1.165) is 12.8 Å². The lowest BCUT2D eigenvalue weighted by atomic mass is 10.1. The zero-order chi connectivity index (χ0) is 16.6. The predicted molar refractivity (Wildman–Crippen MR) is 81.5 cm³/mol. The topological polar surface area (TPSA) is 138 Å². The van der Waals surface area contributed by atoms with Crippen molar-refractivity contribution in [3.63, 3.8) is 0 Å². The van der Waals surface area contributed by atoms with Gasteiger partial charge in [-0.05, 0) is 19.4 Å². The van der Waals surface area contributed by atoms with Gasteiger partial charge in [0.25, 0.3) is 0 Å². The maximum absolute atomic E-state index is 11.5. The second-order valence-corrected chi connectivity index (χ2v) is 4.57. The van der Waals surface area contributed by atoms with Crippen LogP contribution < -0.4 is 22.1 Å². The van der Waals surface area contributed by atoms with Gasteiger partial charge in [-0.1, -0.05) is 6.42 Å². The lowest BCUT2D eigenvalue weighted by Gasteiger charge is -2.18. The van der Waals surface area contributed by atoms with Gasteiger partial charge in [0, 0.05) is 20.2 Å². The lowest BCUT2D eigenvalue weighted by Crippen LogP contribution is -2.41. The zero-order valence-corrected chi connectivity index (χ0v) is 13.1. The monoisotopic (exact) mass is 320 g/mol. The summed E-state index contributed by atoms with van der Waals surface area (Å²) in [6, 6.07) is -0.329. The van der Waals surface area contributed by atoms with Gasteiger partial charge in [-0.2, -0.15) is 0 Å². The molecule has 0 radical (unpaired) electrons. The lowest BCUT2D eigenvalue weighted by molar-refractivity contribution is 0.114. The van der Waals surface area contributed by atoms with E-state index in [2.05, 4.69) is 10.6 Å². The zero-order valence-electron chi connectivity index (χ0n) is 13.1. The second-order valence-electron chi connectivity index (χ2n) is 4.57. The molecule has 0 heterocycles. The van der Waals surface area contributed by atoms with E-state index < -0.39 is 12.2 Å². The number of hydrogen-bond donors (Lipinski definition) is 4. The normalized spacial score (nSPS) is 11.6. The summed E-state index contributed by atoms with van der Waals surface area (Å²) in [6.07, 6.45) is 1.15. The first kappa shape index (κ1) is 20.4. The van der Waals surface area contributed by atoms with Crippen LogP contribution in [0.25, 0.3) is 0 Å². The Hall–Kier alpha value is -1.58. The highest BCUT2D eigenvalue weighted by Gasteiger charge is 2.15. The van der Waals surface area contributed by atoms with Crippen molar-refractivity contribution in [2.24, 2.45) is 11.5 Å². The minimum absolute atomic E-state index is 0.0567. The summed E-state index contributed by atoms with van der Waals surface area (Å²) in [4.78, 5) is 23.0. The number of ether oxygens (including phenoxy) is 3. The van der Waals surface area contributed by atoms with E-state index in [1.165, 1.54) is 7.11 Å². The summed E-state index contributed by atoms with van der Waals surface area (Å²) in [5.74, 6) is 0. The SMILES string of the molecule is COCCNC(=O)OCC(CCCCN)NC(=O)OCCN. The Balaban J connectivity index is 4.10. The standard InChI is InChI=1S/C13H28N4O5/c1-20-9-7-16-12(18)22-10-11(4-2-3-5-14)17-13(19)21-8-6-15/h11H,2-10,14-15H2,1H3,(H,16,18)(H,17,19). The summed E-state index contributed by atoms with van der Waals surface area (Å²) < 4.78 is 14.7. The Labute approximate surface area is 131 Å². The van der Waals surface area contributed by atoms with Gasteiger partial charge in [-0.25, -0.2) is 9.59 Å². The minimum atomic E-state index is -0.577. The van der Waals surface area contributed by atoms with E-state index >= 15 is 0 Å². The molecule has 0 saturated carbocycles. The molecule has 9 heteroatoms. The van der Waals surface area contributed by atoms with Crippen LogP contribution in [0.3, 0.4) is 0 Å². The van der Waals surface area contributed by atoms with E-state index in [1.807, 2.05) is 0 Å². The fraction of sp³-hybridized carbons (Fsp3) is 0.846. The molecular formula is C13H28N4O5. The van der Waals surface area contributed by atoms with Crippen molar-refractivity contribution in [1.82, 2.24) is 10.6 Å². The number of unbranched alkanes of at least 4 members (excludes halogenated alkanes) is 1. The van der Waals surface area contributed by atoms with Crippen molar-refractivity contribution in [1.29, 1.82) is 0 Å². The first-order valence-electron chi connectivity index (χ1n) is 7.37. The molecule has 9 nitrogen and oxygen atoms in total. The third-order valence-corrected chi connectivity index (χ3v) is 2.67. The van der Waals surface area contributed by atoms with Crippen molar-refractivity contribution >= 4 is 12.2 Å². The maximum Gasteiger partial charge on any atom is 0.407 e. The Kier molecular flexibility index (Phi) is 13.3. The molecule has 0 aromatic rings. The number of hydrogen-bond acceptors (Lipinski definition) is 7. The van der Waals surface area contributed by atoms with E-state index in [1.54, 1.807) is 0 Å². The van der Waals surface area contributed by atoms with Crippen molar-refractivity contribution in [3.8, 4) is 0 Å². The summed E-state index contributed by atoms with van der Waals surface area (Å²) in [5, 5.41) is 5.17. The van der Waals surface area contributed by atoms with Crippen molar-refractivity contribution in [3.05, 3.63) is 0 Å². The molecule has 0 rings (SSSR count). The Morgan fingerprint density at radius 2 is 1.82 bits per heavy atom. The Bertz CT molecular complexity index is 304. The van der Waals surface area contributed by atoms with E-state index in [0.29, 0.717) is 26.1 Å². The number of carbonyl (C=O) groups is 2. The molecule has 0 fully saturated rings. The molecular weight excluding hydrogens is 292 g/mol. The van der Waals surface area contributed by atoms with Gasteiger partial charge in [0.15, 0.2) is 0 Å². The van der Waals surface area contributed by atoms with Gasteiger partial charge in [0.1, 0.15) is 13.2 Å². The maximum atomic E-state index is 11.5. The van der Waals surface area contributed by atoms with Crippen LogP contribution in [0.2, 0.25) is 0 Å². The van der Waals surface area contributed by atoms with E-state index in [4.69, 9.17) is 25.7 Å². The highest BCUT2D eigenvalue weighted by Crippen LogP contribution is 2.02. The highest BCUT2D eigenvalue weighted by molar-refractivity contribution is 5.68. The van der Waals surface area contributed by atoms with Crippen LogP contribution in [0.15, 0.2) is 0 Å². The summed E-state index contributed by atoms with van der Waals surface area (Å²) >= 11 is 0. The van der Waals surface area contributed by atoms with Crippen LogP contribution in [0.4, 0.5) is 9.59 Å². The number of methoxy groups -OCH3 is 1. The fourth-order valence-corrected chi connectivity index (χ4v) is 1.57. The minimum Gasteiger partial charge on any atom is -0.448 e. The molecule has 0 aliphatic carbocycles. The third kappa shape index (κ3) is 12.2. The van der Waals surface area contributed by atoms with Gasteiger partial charge in [-0.15, -0.1) is 0 Å². The number of alkyl carbamates (subject to hydrolysis) is 2. The largest absolute Gasteiger partial charge is 0.448 e. The smallest absolute Gasteiger partial charge is 0.407 e. The Morgan fingerprint density at radius 3 is 2.45 bits per heavy atom. The average Bonchev–Trinajstić information content (AvgIpc) is 2.51. The predicted octanol–water partition coefficient (Wildman–Crippen LogP) is -0.458. The molecule has 0 aromatic heterocycles.